The maximum Gasteiger partial charge on any atom is 0.234 e. The lowest BCUT2D eigenvalue weighted by atomic mass is 10.2. The van der Waals surface area contributed by atoms with Crippen LogP contribution in [0, 0.1) is 11.6 Å². The van der Waals surface area contributed by atoms with Crippen molar-refractivity contribution in [2.75, 3.05) is 11.1 Å². The molecule has 0 saturated carbocycles. The highest BCUT2D eigenvalue weighted by Crippen LogP contribution is 2.23. The fourth-order valence-electron chi connectivity index (χ4n) is 2.36. The summed E-state index contributed by atoms with van der Waals surface area (Å²) in [4.78, 5) is 28.3. The Kier molecular flexibility index (Phi) is 7.31. The van der Waals surface area contributed by atoms with Crippen LogP contribution >= 0.6 is 23.1 Å². The van der Waals surface area contributed by atoms with Crippen LogP contribution in [-0.2, 0) is 22.6 Å². The van der Waals surface area contributed by atoms with Gasteiger partial charge in [0.15, 0.2) is 4.34 Å². The van der Waals surface area contributed by atoms with Crippen molar-refractivity contribution >= 4 is 40.6 Å². The minimum atomic E-state index is -0.370. The normalized spacial score (nSPS) is 10.6. The van der Waals surface area contributed by atoms with Gasteiger partial charge in [0, 0.05) is 23.2 Å². The van der Waals surface area contributed by atoms with Gasteiger partial charge in [-0.2, -0.15) is 0 Å². The van der Waals surface area contributed by atoms with Gasteiger partial charge in [-0.1, -0.05) is 30.0 Å². The first-order valence-electron chi connectivity index (χ1n) is 8.62. The van der Waals surface area contributed by atoms with E-state index in [9.17, 15) is 18.4 Å². The molecule has 0 atom stereocenters. The Balaban J connectivity index is 1.42. The number of amides is 2. The van der Waals surface area contributed by atoms with Crippen LogP contribution in [0.1, 0.15) is 11.3 Å². The molecule has 0 aliphatic carbocycles. The van der Waals surface area contributed by atoms with Gasteiger partial charge in [0.2, 0.25) is 11.8 Å². The highest BCUT2D eigenvalue weighted by molar-refractivity contribution is 8.01. The number of hydrogen-bond acceptors (Lipinski definition) is 5. The molecule has 5 nitrogen and oxygen atoms in total. The molecule has 150 valence electrons. The van der Waals surface area contributed by atoms with Gasteiger partial charge in [0.25, 0.3) is 0 Å². The number of aromatic nitrogens is 1. The molecule has 29 heavy (non-hydrogen) atoms. The summed E-state index contributed by atoms with van der Waals surface area (Å²) >= 11 is 2.59. The fraction of sp³-hybridized carbons (Fsp3) is 0.150. The van der Waals surface area contributed by atoms with Gasteiger partial charge in [-0.05, 0) is 30.3 Å². The summed E-state index contributed by atoms with van der Waals surface area (Å²) in [7, 11) is 0. The Hall–Kier alpha value is -2.78. The highest BCUT2D eigenvalue weighted by Gasteiger charge is 2.11. The number of carbonyl (C=O) groups excluding carboxylic acids is 2. The van der Waals surface area contributed by atoms with Crippen LogP contribution in [0.5, 0.6) is 0 Å². The third kappa shape index (κ3) is 6.65. The molecule has 0 spiro atoms. The van der Waals surface area contributed by atoms with Crippen LogP contribution in [0.4, 0.5) is 14.5 Å². The summed E-state index contributed by atoms with van der Waals surface area (Å²) in [5.74, 6) is -1.08. The number of carbonyl (C=O) groups is 2. The van der Waals surface area contributed by atoms with Crippen LogP contribution in [0.3, 0.4) is 0 Å². The fourth-order valence-corrected chi connectivity index (χ4v) is 4.00. The first kappa shape index (κ1) is 20.9. The summed E-state index contributed by atoms with van der Waals surface area (Å²) in [6, 6.07) is 11.8. The van der Waals surface area contributed by atoms with Gasteiger partial charge in [0.1, 0.15) is 11.6 Å². The van der Waals surface area contributed by atoms with Crippen LogP contribution < -0.4 is 10.6 Å². The van der Waals surface area contributed by atoms with E-state index in [1.165, 1.54) is 53.4 Å². The lowest BCUT2D eigenvalue weighted by molar-refractivity contribution is -0.120. The van der Waals surface area contributed by atoms with Gasteiger partial charge in [0.05, 0.1) is 17.9 Å². The molecular weight excluding hydrogens is 416 g/mol. The van der Waals surface area contributed by atoms with E-state index in [1.54, 1.807) is 23.6 Å². The van der Waals surface area contributed by atoms with Crippen LogP contribution in [0.2, 0.25) is 0 Å². The molecule has 1 heterocycles. The Labute approximate surface area is 174 Å². The van der Waals surface area contributed by atoms with Gasteiger partial charge in [-0.15, -0.1) is 11.3 Å². The van der Waals surface area contributed by atoms with E-state index in [2.05, 4.69) is 15.6 Å². The van der Waals surface area contributed by atoms with Crippen molar-refractivity contribution in [3.05, 3.63) is 76.8 Å². The van der Waals surface area contributed by atoms with E-state index < -0.39 is 0 Å². The first-order valence-corrected chi connectivity index (χ1v) is 10.5. The lowest BCUT2D eigenvalue weighted by Crippen LogP contribution is -2.25. The van der Waals surface area contributed by atoms with Gasteiger partial charge in [-0.25, -0.2) is 13.8 Å². The average molecular weight is 434 g/mol. The van der Waals surface area contributed by atoms with Crippen LogP contribution in [0.25, 0.3) is 0 Å². The molecule has 2 amide bonds. The number of thiazole rings is 1. The second-order valence-corrected chi connectivity index (χ2v) is 8.07. The summed E-state index contributed by atoms with van der Waals surface area (Å²) in [5.41, 5.74) is 1.52. The second kappa shape index (κ2) is 10.1. The molecule has 0 fully saturated rings. The topological polar surface area (TPSA) is 71.1 Å². The summed E-state index contributed by atoms with van der Waals surface area (Å²) in [6.45, 7) is 0.112. The summed E-state index contributed by atoms with van der Waals surface area (Å²) in [6.07, 6.45) is 0.0767. The quantitative estimate of drug-likeness (QED) is 0.527. The molecule has 0 radical (unpaired) electrons. The SMILES string of the molecule is O=C(Cc1csc(SCC(=O)Nc2ccc(F)cc2)n1)NCc1ccccc1F. The van der Waals surface area contributed by atoms with Crippen LogP contribution in [-0.4, -0.2) is 22.6 Å². The maximum atomic E-state index is 13.6. The molecule has 0 unspecified atom stereocenters. The molecule has 2 aromatic carbocycles. The predicted octanol–water partition coefficient (Wildman–Crippen LogP) is 4.01. The molecule has 0 aliphatic rings. The van der Waals surface area contributed by atoms with Gasteiger partial charge < -0.3 is 10.6 Å². The van der Waals surface area contributed by atoms with E-state index >= 15 is 0 Å². The smallest absolute Gasteiger partial charge is 0.234 e. The largest absolute Gasteiger partial charge is 0.352 e. The highest BCUT2D eigenvalue weighted by atomic mass is 32.2. The minimum Gasteiger partial charge on any atom is -0.352 e. The molecule has 3 aromatic rings. The van der Waals surface area contributed by atoms with Gasteiger partial charge in [-0.3, -0.25) is 9.59 Å². The van der Waals surface area contributed by atoms with E-state index in [-0.39, 0.29) is 42.2 Å². The number of halogens is 2. The molecule has 9 heteroatoms. The zero-order chi connectivity index (χ0) is 20.6. The maximum absolute atomic E-state index is 13.6. The Morgan fingerprint density at radius 3 is 2.55 bits per heavy atom. The van der Waals surface area contributed by atoms with E-state index in [0.29, 0.717) is 21.3 Å². The average Bonchev–Trinajstić information content (AvgIpc) is 3.15. The molecular formula is C20H17F2N3O2S2. The number of anilines is 1. The van der Waals surface area contributed by atoms with Crippen LogP contribution in [0.15, 0.2) is 58.3 Å². The number of rotatable bonds is 8. The Morgan fingerprint density at radius 1 is 1.03 bits per heavy atom. The molecule has 0 aliphatic heterocycles. The number of nitrogens with zero attached hydrogens (tertiary/aromatic N) is 1. The molecule has 0 saturated heterocycles. The molecule has 0 bridgehead atoms. The third-order valence-corrected chi connectivity index (χ3v) is 5.83. The van der Waals surface area contributed by atoms with Crippen molar-refractivity contribution in [2.45, 2.75) is 17.3 Å². The monoisotopic (exact) mass is 433 g/mol. The van der Waals surface area contributed by atoms with E-state index in [0.717, 1.165) is 0 Å². The van der Waals surface area contributed by atoms with Crippen molar-refractivity contribution in [2.24, 2.45) is 0 Å². The molecule has 2 N–H and O–H groups in total. The summed E-state index contributed by atoms with van der Waals surface area (Å²) in [5, 5.41) is 7.09. The zero-order valence-corrected chi connectivity index (χ0v) is 16.8. The standard InChI is InChI=1S/C20H17F2N3O2S2/c21-14-5-7-15(8-6-14)24-19(27)12-29-20-25-16(11-28-20)9-18(26)23-10-13-3-1-2-4-17(13)22/h1-8,11H,9-10,12H2,(H,23,26)(H,24,27). The number of thioether (sulfide) groups is 1. The van der Waals surface area contributed by atoms with E-state index in [4.69, 9.17) is 0 Å². The molecule has 1 aromatic heterocycles. The first-order chi connectivity index (χ1) is 14.0. The van der Waals surface area contributed by atoms with Crippen molar-refractivity contribution < 1.29 is 18.4 Å². The Morgan fingerprint density at radius 2 is 1.79 bits per heavy atom. The number of benzene rings is 2. The second-order valence-electron chi connectivity index (χ2n) is 5.99. The van der Waals surface area contributed by atoms with Gasteiger partial charge >= 0.3 is 0 Å². The zero-order valence-electron chi connectivity index (χ0n) is 15.2. The Bertz CT molecular complexity index is 993. The predicted molar refractivity (Wildman–Crippen MR) is 110 cm³/mol. The number of nitrogens with one attached hydrogen (secondary N) is 2. The van der Waals surface area contributed by atoms with Crippen molar-refractivity contribution in [1.29, 1.82) is 0 Å². The summed E-state index contributed by atoms with van der Waals surface area (Å²) < 4.78 is 27.1. The van der Waals surface area contributed by atoms with Crippen molar-refractivity contribution in [3.63, 3.8) is 0 Å². The van der Waals surface area contributed by atoms with Crippen molar-refractivity contribution in [3.8, 4) is 0 Å². The number of hydrogen-bond donors (Lipinski definition) is 2. The van der Waals surface area contributed by atoms with E-state index in [1.807, 2.05) is 0 Å². The molecule has 3 rings (SSSR count). The lowest BCUT2D eigenvalue weighted by Gasteiger charge is -2.05. The minimum absolute atomic E-state index is 0.0767. The van der Waals surface area contributed by atoms with Crippen molar-refractivity contribution in [1.82, 2.24) is 10.3 Å². The third-order valence-electron chi connectivity index (χ3n) is 3.76.